The van der Waals surface area contributed by atoms with E-state index in [0.717, 1.165) is 32.0 Å². The minimum atomic E-state index is -0.746. The van der Waals surface area contributed by atoms with Crippen molar-refractivity contribution in [3.63, 3.8) is 0 Å². The highest BCUT2D eigenvalue weighted by Crippen LogP contribution is 2.33. The van der Waals surface area contributed by atoms with E-state index in [0.29, 0.717) is 28.4 Å². The first-order valence-corrected chi connectivity index (χ1v) is 10.3. The number of hydrogen-bond donors (Lipinski definition) is 2. The van der Waals surface area contributed by atoms with Crippen LogP contribution in [0.1, 0.15) is 34.8 Å². The standard InChI is InChI=1S/C23H24F2N4O3/c1-31-16-4-6-21(32-2)19(12-16)28-23(30)17-13-27-29(20-5-3-15(24)11-18(20)25)22(17)14-7-9-26-10-8-14/h3-6,11-14,26H,7-10H2,1-2H3,(H,28,30). The lowest BCUT2D eigenvalue weighted by Gasteiger charge is -2.25. The zero-order valence-corrected chi connectivity index (χ0v) is 17.8. The number of methoxy groups -OCH3 is 2. The summed E-state index contributed by atoms with van der Waals surface area (Å²) in [6.45, 7) is 1.54. The zero-order valence-electron chi connectivity index (χ0n) is 17.8. The summed E-state index contributed by atoms with van der Waals surface area (Å²) in [6.07, 6.45) is 2.94. The molecule has 32 heavy (non-hydrogen) atoms. The zero-order chi connectivity index (χ0) is 22.7. The van der Waals surface area contributed by atoms with E-state index in [9.17, 15) is 13.6 Å². The fourth-order valence-electron chi connectivity index (χ4n) is 3.97. The lowest BCUT2D eigenvalue weighted by atomic mass is 9.91. The van der Waals surface area contributed by atoms with Crippen molar-refractivity contribution in [3.05, 3.63) is 65.5 Å². The van der Waals surface area contributed by atoms with Crippen molar-refractivity contribution >= 4 is 11.6 Å². The second kappa shape index (κ2) is 9.35. The number of carbonyl (C=O) groups excluding carboxylic acids is 1. The fraction of sp³-hybridized carbons (Fsp3) is 0.304. The third kappa shape index (κ3) is 4.29. The molecule has 2 heterocycles. The highest BCUT2D eigenvalue weighted by atomic mass is 19.1. The molecule has 0 radical (unpaired) electrons. The van der Waals surface area contributed by atoms with Gasteiger partial charge in [0.05, 0.1) is 37.4 Å². The molecule has 0 unspecified atom stereocenters. The van der Waals surface area contributed by atoms with E-state index >= 15 is 0 Å². The maximum atomic E-state index is 14.6. The van der Waals surface area contributed by atoms with Gasteiger partial charge < -0.3 is 20.1 Å². The van der Waals surface area contributed by atoms with E-state index in [2.05, 4.69) is 15.7 Å². The Morgan fingerprint density at radius 3 is 2.59 bits per heavy atom. The molecular weight excluding hydrogens is 418 g/mol. The second-order valence-corrected chi connectivity index (χ2v) is 7.50. The van der Waals surface area contributed by atoms with Crippen LogP contribution in [0.4, 0.5) is 14.5 Å². The lowest BCUT2D eigenvalue weighted by molar-refractivity contribution is 0.102. The van der Waals surface area contributed by atoms with Crippen LogP contribution in [-0.2, 0) is 0 Å². The van der Waals surface area contributed by atoms with E-state index in [-0.39, 0.29) is 11.6 Å². The number of rotatable bonds is 6. The molecule has 2 N–H and O–H groups in total. The van der Waals surface area contributed by atoms with E-state index in [4.69, 9.17) is 9.47 Å². The molecule has 9 heteroatoms. The summed E-state index contributed by atoms with van der Waals surface area (Å²) in [5.41, 5.74) is 1.45. The number of hydrogen-bond acceptors (Lipinski definition) is 5. The minimum Gasteiger partial charge on any atom is -0.497 e. The molecule has 1 amide bonds. The Morgan fingerprint density at radius 2 is 1.91 bits per heavy atom. The van der Waals surface area contributed by atoms with Gasteiger partial charge in [-0.1, -0.05) is 0 Å². The van der Waals surface area contributed by atoms with E-state index in [1.165, 1.54) is 37.2 Å². The number of anilines is 1. The van der Waals surface area contributed by atoms with Gasteiger partial charge in [-0.05, 0) is 50.2 Å². The van der Waals surface area contributed by atoms with Gasteiger partial charge in [0, 0.05) is 18.1 Å². The van der Waals surface area contributed by atoms with Crippen molar-refractivity contribution in [3.8, 4) is 17.2 Å². The second-order valence-electron chi connectivity index (χ2n) is 7.50. The first-order chi connectivity index (χ1) is 15.5. The topological polar surface area (TPSA) is 77.4 Å². The number of halogens is 2. The van der Waals surface area contributed by atoms with Crippen LogP contribution in [0.5, 0.6) is 11.5 Å². The van der Waals surface area contributed by atoms with Gasteiger partial charge in [0.1, 0.15) is 23.0 Å². The van der Waals surface area contributed by atoms with Crippen molar-refractivity contribution in [2.45, 2.75) is 18.8 Å². The van der Waals surface area contributed by atoms with Crippen molar-refractivity contribution in [1.29, 1.82) is 0 Å². The maximum absolute atomic E-state index is 14.6. The molecule has 1 fully saturated rings. The molecule has 0 spiro atoms. The van der Waals surface area contributed by atoms with Gasteiger partial charge in [-0.25, -0.2) is 13.5 Å². The van der Waals surface area contributed by atoms with Crippen molar-refractivity contribution in [2.24, 2.45) is 0 Å². The summed E-state index contributed by atoms with van der Waals surface area (Å²) in [5.74, 6) is -0.812. The lowest BCUT2D eigenvalue weighted by Crippen LogP contribution is -2.29. The molecule has 7 nitrogen and oxygen atoms in total. The van der Waals surface area contributed by atoms with Crippen LogP contribution in [0.3, 0.4) is 0 Å². The predicted octanol–water partition coefficient (Wildman–Crippen LogP) is 3.89. The van der Waals surface area contributed by atoms with Crippen LogP contribution < -0.4 is 20.1 Å². The Kier molecular flexibility index (Phi) is 6.36. The normalized spacial score (nSPS) is 14.2. The largest absolute Gasteiger partial charge is 0.497 e. The van der Waals surface area contributed by atoms with Crippen molar-refractivity contribution in [2.75, 3.05) is 32.6 Å². The molecule has 0 saturated carbocycles. The Morgan fingerprint density at radius 1 is 1.12 bits per heavy atom. The van der Waals surface area contributed by atoms with E-state index in [1.807, 2.05) is 0 Å². The molecule has 1 aliphatic heterocycles. The number of amides is 1. The smallest absolute Gasteiger partial charge is 0.259 e. The molecule has 4 rings (SSSR count). The molecule has 0 aliphatic carbocycles. The first-order valence-electron chi connectivity index (χ1n) is 10.3. The predicted molar refractivity (Wildman–Crippen MR) is 116 cm³/mol. The van der Waals surface area contributed by atoms with Crippen molar-refractivity contribution in [1.82, 2.24) is 15.1 Å². The number of ether oxygens (including phenoxy) is 2. The van der Waals surface area contributed by atoms with Gasteiger partial charge in [-0.15, -0.1) is 0 Å². The molecule has 1 saturated heterocycles. The SMILES string of the molecule is COc1ccc(OC)c(NC(=O)c2cnn(-c3ccc(F)cc3F)c2C2CCNCC2)c1. The maximum Gasteiger partial charge on any atom is 0.259 e. The van der Waals surface area contributed by atoms with Gasteiger partial charge in [-0.3, -0.25) is 4.79 Å². The summed E-state index contributed by atoms with van der Waals surface area (Å²) in [7, 11) is 3.04. The first kappa shape index (κ1) is 21.8. The highest BCUT2D eigenvalue weighted by Gasteiger charge is 2.28. The number of nitrogens with one attached hydrogen (secondary N) is 2. The van der Waals surface area contributed by atoms with E-state index < -0.39 is 17.5 Å². The average Bonchev–Trinajstić information content (AvgIpc) is 3.24. The molecule has 1 aromatic heterocycles. The number of benzene rings is 2. The third-order valence-corrected chi connectivity index (χ3v) is 5.57. The number of piperidine rings is 1. The Bertz CT molecular complexity index is 1130. The molecule has 0 atom stereocenters. The highest BCUT2D eigenvalue weighted by molar-refractivity contribution is 6.06. The number of aromatic nitrogens is 2. The summed E-state index contributed by atoms with van der Waals surface area (Å²) in [5, 5.41) is 10.4. The molecule has 1 aliphatic rings. The van der Waals surface area contributed by atoms with Gasteiger partial charge in [0.2, 0.25) is 0 Å². The van der Waals surface area contributed by atoms with Crippen LogP contribution in [0.25, 0.3) is 5.69 Å². The Hall–Kier alpha value is -3.46. The number of nitrogens with zero attached hydrogens (tertiary/aromatic N) is 2. The number of carbonyl (C=O) groups is 1. The molecular formula is C23H24F2N4O3. The minimum absolute atomic E-state index is 0.0174. The summed E-state index contributed by atoms with van der Waals surface area (Å²) >= 11 is 0. The molecule has 0 bridgehead atoms. The van der Waals surface area contributed by atoms with Crippen LogP contribution in [-0.4, -0.2) is 43.0 Å². The van der Waals surface area contributed by atoms with Gasteiger partial charge in [0.15, 0.2) is 5.82 Å². The molecule has 168 valence electrons. The van der Waals surface area contributed by atoms with Crippen LogP contribution in [0.15, 0.2) is 42.6 Å². The third-order valence-electron chi connectivity index (χ3n) is 5.57. The van der Waals surface area contributed by atoms with Gasteiger partial charge in [-0.2, -0.15) is 5.10 Å². The Labute approximate surface area is 184 Å². The summed E-state index contributed by atoms with van der Waals surface area (Å²) < 4.78 is 40.0. The van der Waals surface area contributed by atoms with Gasteiger partial charge >= 0.3 is 0 Å². The summed E-state index contributed by atoms with van der Waals surface area (Å²) in [4.78, 5) is 13.3. The van der Waals surface area contributed by atoms with Crippen LogP contribution >= 0.6 is 0 Å². The van der Waals surface area contributed by atoms with Crippen LogP contribution in [0.2, 0.25) is 0 Å². The average molecular weight is 442 g/mol. The fourth-order valence-corrected chi connectivity index (χ4v) is 3.97. The van der Waals surface area contributed by atoms with Crippen molar-refractivity contribution < 1.29 is 23.0 Å². The molecule has 3 aromatic rings. The Balaban J connectivity index is 1.75. The van der Waals surface area contributed by atoms with Gasteiger partial charge in [0.25, 0.3) is 5.91 Å². The quantitative estimate of drug-likeness (QED) is 0.606. The van der Waals surface area contributed by atoms with Crippen LogP contribution in [0, 0.1) is 11.6 Å². The monoisotopic (exact) mass is 442 g/mol. The molecule has 2 aromatic carbocycles. The van der Waals surface area contributed by atoms with E-state index in [1.54, 1.807) is 18.2 Å². The summed E-state index contributed by atoms with van der Waals surface area (Å²) in [6, 6.07) is 8.39.